The summed E-state index contributed by atoms with van der Waals surface area (Å²) >= 11 is 0. The number of nitrogens with zero attached hydrogens (tertiary/aromatic N) is 1. The molecule has 0 unspecified atom stereocenters. The Kier molecular flexibility index (Phi) is 5.30. The number of benzene rings is 1. The van der Waals surface area contributed by atoms with Crippen molar-refractivity contribution in [1.82, 2.24) is 9.88 Å². The van der Waals surface area contributed by atoms with Gasteiger partial charge in [0.15, 0.2) is 5.96 Å². The van der Waals surface area contributed by atoms with E-state index in [0.717, 1.165) is 10.3 Å². The van der Waals surface area contributed by atoms with Gasteiger partial charge >= 0.3 is 0 Å². The molecule has 130 valence electrons. The summed E-state index contributed by atoms with van der Waals surface area (Å²) in [6.45, 7) is 4.62. The first kappa shape index (κ1) is 17.6. The topological polar surface area (TPSA) is 130 Å². The lowest BCUT2D eigenvalue weighted by molar-refractivity contribution is 0.0864. The van der Waals surface area contributed by atoms with Crippen molar-refractivity contribution in [1.29, 1.82) is 5.41 Å². The van der Waals surface area contributed by atoms with Gasteiger partial charge in [0.25, 0.3) is 5.91 Å². The van der Waals surface area contributed by atoms with Gasteiger partial charge in [-0.1, -0.05) is 0 Å². The van der Waals surface area contributed by atoms with Gasteiger partial charge < -0.3 is 25.9 Å². The Morgan fingerprint density at radius 2 is 2.08 bits per heavy atom. The Bertz CT molecular complexity index is 753. The molecule has 0 saturated heterocycles. The fraction of sp³-hybridized carbons (Fsp3) is 0.375. The zero-order chi connectivity index (χ0) is 17.9. The van der Waals surface area contributed by atoms with Gasteiger partial charge in [0.05, 0.1) is 11.6 Å². The van der Waals surface area contributed by atoms with Crippen molar-refractivity contribution in [3.05, 3.63) is 23.9 Å². The van der Waals surface area contributed by atoms with Gasteiger partial charge in [-0.3, -0.25) is 15.1 Å². The summed E-state index contributed by atoms with van der Waals surface area (Å²) in [5, 5.41) is 8.13. The van der Waals surface area contributed by atoms with Crippen LogP contribution in [0.3, 0.4) is 0 Å². The van der Waals surface area contributed by atoms with Gasteiger partial charge in [-0.2, -0.15) is 0 Å². The maximum absolute atomic E-state index is 12.3. The van der Waals surface area contributed by atoms with Gasteiger partial charge in [0.2, 0.25) is 0 Å². The number of guanidine groups is 1. The Morgan fingerprint density at radius 3 is 2.67 bits per heavy atom. The summed E-state index contributed by atoms with van der Waals surface area (Å²) in [5.74, 6) is 0.475. The maximum Gasteiger partial charge on any atom is 0.276 e. The number of nitrogens with one attached hydrogen (secondary N) is 2. The van der Waals surface area contributed by atoms with Crippen molar-refractivity contribution in [3.63, 3.8) is 0 Å². The minimum absolute atomic E-state index is 0.0353. The Hall–Kier alpha value is -2.74. The van der Waals surface area contributed by atoms with Crippen LogP contribution in [0.4, 0.5) is 0 Å². The molecule has 0 fully saturated rings. The lowest BCUT2D eigenvalue weighted by Gasteiger charge is -2.13. The van der Waals surface area contributed by atoms with Crippen molar-refractivity contribution in [2.45, 2.75) is 20.0 Å². The van der Waals surface area contributed by atoms with Gasteiger partial charge in [-0.05, 0) is 19.9 Å². The summed E-state index contributed by atoms with van der Waals surface area (Å²) < 4.78 is 11.4. The molecule has 0 atom stereocenters. The van der Waals surface area contributed by atoms with E-state index in [2.05, 4.69) is 4.98 Å². The first-order chi connectivity index (χ1) is 11.3. The predicted molar refractivity (Wildman–Crippen MR) is 92.6 cm³/mol. The van der Waals surface area contributed by atoms with E-state index in [1.165, 1.54) is 7.05 Å². The molecule has 8 heteroatoms. The molecule has 1 heterocycles. The van der Waals surface area contributed by atoms with Crippen LogP contribution in [0.2, 0.25) is 0 Å². The molecule has 2 aromatic rings. The standard InChI is InChI=1S/C16H23N5O3/c1-9(2)24-14-7-10(23-5-4-17)6-12-11(14)8-13(20-12)15(22)21(3)16(18)19/h6-9,20H,4-5,17H2,1-3H3,(H3,18,19). The smallest absolute Gasteiger partial charge is 0.276 e. The number of carbonyl (C=O) groups excluding carboxylic acids is 1. The highest BCUT2D eigenvalue weighted by atomic mass is 16.5. The number of hydrogen-bond acceptors (Lipinski definition) is 5. The van der Waals surface area contributed by atoms with Crippen LogP contribution in [0.5, 0.6) is 11.5 Å². The summed E-state index contributed by atoms with van der Waals surface area (Å²) in [7, 11) is 1.44. The van der Waals surface area contributed by atoms with E-state index in [9.17, 15) is 4.79 Å². The lowest BCUT2D eigenvalue weighted by Crippen LogP contribution is -2.38. The molecular formula is C16H23N5O3. The zero-order valence-corrected chi connectivity index (χ0v) is 14.1. The third-order valence-corrected chi connectivity index (χ3v) is 3.32. The molecule has 0 radical (unpaired) electrons. The first-order valence-electron chi connectivity index (χ1n) is 7.61. The lowest BCUT2D eigenvalue weighted by atomic mass is 10.2. The van der Waals surface area contributed by atoms with Crippen LogP contribution in [0.25, 0.3) is 10.9 Å². The van der Waals surface area contributed by atoms with Crippen molar-refractivity contribution in [2.24, 2.45) is 11.5 Å². The summed E-state index contributed by atoms with van der Waals surface area (Å²) in [6.07, 6.45) is -0.0353. The Balaban J connectivity index is 2.48. The average Bonchev–Trinajstić information content (AvgIpc) is 2.95. The maximum atomic E-state index is 12.3. The molecule has 1 aromatic carbocycles. The van der Waals surface area contributed by atoms with Gasteiger partial charge in [-0.15, -0.1) is 0 Å². The minimum atomic E-state index is -0.404. The van der Waals surface area contributed by atoms with E-state index >= 15 is 0 Å². The molecule has 0 aliphatic heterocycles. The second-order valence-corrected chi connectivity index (χ2v) is 5.62. The monoisotopic (exact) mass is 333 g/mol. The van der Waals surface area contributed by atoms with E-state index in [1.807, 2.05) is 13.8 Å². The van der Waals surface area contributed by atoms with Crippen LogP contribution in [0, 0.1) is 5.41 Å². The quantitative estimate of drug-likeness (QED) is 0.467. The summed E-state index contributed by atoms with van der Waals surface area (Å²) in [6, 6.07) is 5.24. The number of fused-ring (bicyclic) bond motifs is 1. The third kappa shape index (κ3) is 3.77. The molecule has 0 spiro atoms. The molecule has 0 bridgehead atoms. The fourth-order valence-corrected chi connectivity index (χ4v) is 2.20. The SMILES string of the molecule is CC(C)Oc1cc(OCCN)cc2[nH]c(C(=O)N(C)C(=N)N)cc12. The van der Waals surface area contributed by atoms with E-state index in [4.69, 9.17) is 26.4 Å². The molecule has 0 saturated carbocycles. The second-order valence-electron chi connectivity index (χ2n) is 5.62. The number of rotatable bonds is 6. The van der Waals surface area contributed by atoms with Crippen LogP contribution < -0.4 is 20.9 Å². The fourth-order valence-electron chi connectivity index (χ4n) is 2.20. The normalized spacial score (nSPS) is 10.9. The molecule has 6 N–H and O–H groups in total. The highest BCUT2D eigenvalue weighted by molar-refractivity contribution is 6.06. The summed E-state index contributed by atoms with van der Waals surface area (Å²) in [4.78, 5) is 16.4. The number of H-pyrrole nitrogens is 1. The number of carbonyl (C=O) groups is 1. The molecule has 0 aliphatic carbocycles. The molecule has 24 heavy (non-hydrogen) atoms. The minimum Gasteiger partial charge on any atom is -0.492 e. The van der Waals surface area contributed by atoms with Crippen LogP contribution in [0.1, 0.15) is 24.3 Å². The van der Waals surface area contributed by atoms with E-state index in [-0.39, 0.29) is 12.1 Å². The van der Waals surface area contributed by atoms with E-state index in [1.54, 1.807) is 18.2 Å². The van der Waals surface area contributed by atoms with Crippen molar-refractivity contribution in [2.75, 3.05) is 20.2 Å². The van der Waals surface area contributed by atoms with E-state index in [0.29, 0.717) is 35.9 Å². The first-order valence-corrected chi connectivity index (χ1v) is 7.61. The predicted octanol–water partition coefficient (Wildman–Crippen LogP) is 1.26. The number of aromatic nitrogens is 1. The van der Waals surface area contributed by atoms with Crippen molar-refractivity contribution >= 4 is 22.8 Å². The van der Waals surface area contributed by atoms with Crippen LogP contribution >= 0.6 is 0 Å². The number of ether oxygens (including phenoxy) is 2. The van der Waals surface area contributed by atoms with Crippen LogP contribution in [0.15, 0.2) is 18.2 Å². The van der Waals surface area contributed by atoms with Gasteiger partial charge in [-0.25, -0.2) is 0 Å². The number of aromatic amines is 1. The highest BCUT2D eigenvalue weighted by Gasteiger charge is 2.19. The number of amides is 1. The Labute approximate surface area is 140 Å². The number of hydrogen-bond donors (Lipinski definition) is 4. The second kappa shape index (κ2) is 7.22. The Morgan fingerprint density at radius 1 is 1.38 bits per heavy atom. The molecule has 8 nitrogen and oxygen atoms in total. The largest absolute Gasteiger partial charge is 0.492 e. The number of nitrogens with two attached hydrogens (primary N) is 2. The average molecular weight is 333 g/mol. The van der Waals surface area contributed by atoms with Crippen LogP contribution in [-0.2, 0) is 0 Å². The molecule has 2 rings (SSSR count). The van der Waals surface area contributed by atoms with Gasteiger partial charge in [0.1, 0.15) is 23.8 Å². The van der Waals surface area contributed by atoms with E-state index < -0.39 is 5.91 Å². The van der Waals surface area contributed by atoms with Crippen molar-refractivity contribution in [3.8, 4) is 11.5 Å². The zero-order valence-electron chi connectivity index (χ0n) is 14.1. The molecule has 1 amide bonds. The molecular weight excluding hydrogens is 310 g/mol. The highest BCUT2D eigenvalue weighted by Crippen LogP contribution is 2.33. The molecule has 0 aliphatic rings. The molecule has 1 aromatic heterocycles. The summed E-state index contributed by atoms with van der Waals surface area (Å²) in [5.41, 5.74) is 11.8. The van der Waals surface area contributed by atoms with Gasteiger partial charge in [0, 0.05) is 31.1 Å². The van der Waals surface area contributed by atoms with Crippen LogP contribution in [-0.4, -0.2) is 48.1 Å². The van der Waals surface area contributed by atoms with Crippen molar-refractivity contribution < 1.29 is 14.3 Å². The third-order valence-electron chi connectivity index (χ3n) is 3.32.